The summed E-state index contributed by atoms with van der Waals surface area (Å²) in [5.74, 6) is -3.16. The molecule has 15 heteroatoms. The second-order valence-corrected chi connectivity index (χ2v) is 18.2. The number of aryl methyl sites for hydroxylation is 1. The third-order valence-corrected chi connectivity index (χ3v) is 13.4. The molecule has 288 valence electrons. The summed E-state index contributed by atoms with van der Waals surface area (Å²) in [5.41, 5.74) is 0.269. The predicted molar refractivity (Wildman–Crippen MR) is 200 cm³/mol. The molecule has 0 saturated carbocycles. The highest BCUT2D eigenvalue weighted by Crippen LogP contribution is 2.40. The summed E-state index contributed by atoms with van der Waals surface area (Å²) in [6.07, 6.45) is 1.04. The summed E-state index contributed by atoms with van der Waals surface area (Å²) in [7, 11) is 2.85. The van der Waals surface area contributed by atoms with Crippen LogP contribution < -0.4 is 0 Å². The molecule has 2 saturated heterocycles. The highest BCUT2D eigenvalue weighted by molar-refractivity contribution is 8.76. The molecule has 2 aliphatic heterocycles. The van der Waals surface area contributed by atoms with Crippen molar-refractivity contribution in [2.45, 2.75) is 111 Å². The number of aromatic nitrogens is 1. The number of Topliss-reactive ketones (excluding diaryl/α,β-unsaturated/α-hetero) is 1. The van der Waals surface area contributed by atoms with E-state index >= 15 is 0 Å². The van der Waals surface area contributed by atoms with Crippen LogP contribution in [0.15, 0.2) is 11.0 Å². The molecule has 51 heavy (non-hydrogen) atoms. The number of ether oxygens (including phenoxy) is 3. The van der Waals surface area contributed by atoms with Crippen LogP contribution in [0.25, 0.3) is 6.08 Å². The molecule has 12 nitrogen and oxygen atoms in total. The molecule has 0 aliphatic carbocycles. The SMILES string of the molecule is C/C(=C\c1csc(C)n1)C1CC2C(CCCC(C)C(O)C(C)C(=O)C(C)(C)[C@@H](O)C(C)C(=O)O1)N2CCOC(=O)OCCSSCC(C)C(=O)O. The first-order valence-electron chi connectivity index (χ1n) is 17.7. The number of thiazole rings is 1. The van der Waals surface area contributed by atoms with Gasteiger partial charge in [-0.15, -0.1) is 11.3 Å². The minimum atomic E-state index is -1.33. The molecule has 1 aromatic rings. The standard InChI is InChI=1S/C36H56N2O10S3/c1-20-10-9-11-27-28(38(27)12-13-46-35(45)47-14-15-50-51-18-22(3)33(42)43)17-29(21(2)16-26-19-49-25(6)37-26)48-34(44)24(5)32(41)36(7,8)31(40)23(4)30(20)39/h16,19-20,22-24,27-30,32,39,41H,9-15,17-18H2,1-8H3,(H,42,43)/b21-16+/t20?,22?,23?,24?,27?,28?,29?,30?,32-,38?/m0/s1. The number of nitrogens with zero attached hydrogens (tertiary/aromatic N) is 2. The number of cyclic esters (lactones) is 1. The molecular formula is C36H56N2O10S3. The number of carboxylic acid groups (broad SMARTS) is 1. The van der Waals surface area contributed by atoms with E-state index in [-0.39, 0.29) is 37.0 Å². The summed E-state index contributed by atoms with van der Waals surface area (Å²) in [5, 5.41) is 34.3. The monoisotopic (exact) mass is 772 g/mol. The molecule has 0 spiro atoms. The van der Waals surface area contributed by atoms with Gasteiger partial charge in [0.05, 0.1) is 40.2 Å². The number of carboxylic acids is 1. The van der Waals surface area contributed by atoms with Crippen LogP contribution in [0.2, 0.25) is 0 Å². The quantitative estimate of drug-likeness (QED) is 0.0996. The molecule has 2 fully saturated rings. The van der Waals surface area contributed by atoms with E-state index in [4.69, 9.17) is 19.3 Å². The number of aliphatic hydroxyl groups is 2. The molecular weight excluding hydrogens is 717 g/mol. The number of aliphatic carboxylic acids is 1. The van der Waals surface area contributed by atoms with Crippen LogP contribution in [0.3, 0.4) is 0 Å². The topological polar surface area (TPSA) is 173 Å². The van der Waals surface area contributed by atoms with Crippen molar-refractivity contribution in [3.8, 4) is 0 Å². The Morgan fingerprint density at radius 3 is 2.45 bits per heavy atom. The molecule has 0 bridgehead atoms. The molecule has 3 N–H and O–H groups in total. The Morgan fingerprint density at radius 2 is 1.80 bits per heavy atom. The average molecular weight is 773 g/mol. The zero-order valence-corrected chi connectivity index (χ0v) is 33.5. The van der Waals surface area contributed by atoms with Crippen LogP contribution in [-0.2, 0) is 28.6 Å². The van der Waals surface area contributed by atoms with E-state index < -0.39 is 59.6 Å². The van der Waals surface area contributed by atoms with E-state index in [1.807, 2.05) is 32.2 Å². The molecule has 3 heterocycles. The second-order valence-electron chi connectivity index (χ2n) is 14.5. The summed E-state index contributed by atoms with van der Waals surface area (Å²) in [6.45, 7) is 14.6. The van der Waals surface area contributed by atoms with Gasteiger partial charge in [-0.3, -0.25) is 19.3 Å². The van der Waals surface area contributed by atoms with Crippen molar-refractivity contribution in [3.63, 3.8) is 0 Å². The van der Waals surface area contributed by atoms with Gasteiger partial charge in [-0.1, -0.05) is 62.6 Å². The van der Waals surface area contributed by atoms with Crippen molar-refractivity contribution in [2.75, 3.05) is 31.3 Å². The number of fused-ring (bicyclic) bond motifs is 1. The lowest BCUT2D eigenvalue weighted by Crippen LogP contribution is -2.49. The van der Waals surface area contributed by atoms with Gasteiger partial charge < -0.3 is 29.5 Å². The Hall–Kier alpha value is -2.17. The van der Waals surface area contributed by atoms with E-state index in [9.17, 15) is 29.4 Å². The predicted octanol–water partition coefficient (Wildman–Crippen LogP) is 5.87. The lowest BCUT2D eigenvalue weighted by atomic mass is 9.71. The van der Waals surface area contributed by atoms with Crippen LogP contribution >= 0.6 is 32.9 Å². The number of rotatable bonds is 12. The minimum absolute atomic E-state index is 0.0230. The number of carbonyl (C=O) groups is 4. The fourth-order valence-corrected chi connectivity index (χ4v) is 9.35. The van der Waals surface area contributed by atoms with Crippen LogP contribution in [0.5, 0.6) is 0 Å². The number of carbonyl (C=O) groups excluding carboxylic acids is 3. The summed E-state index contributed by atoms with van der Waals surface area (Å²) in [6, 6.07) is 0.148. The van der Waals surface area contributed by atoms with E-state index in [2.05, 4.69) is 9.88 Å². The Kier molecular flexibility index (Phi) is 16.8. The van der Waals surface area contributed by atoms with E-state index in [1.165, 1.54) is 32.9 Å². The first-order chi connectivity index (χ1) is 23.9. The number of esters is 1. The fourth-order valence-electron chi connectivity index (χ4n) is 6.61. The highest BCUT2D eigenvalue weighted by atomic mass is 33.1. The zero-order chi connectivity index (χ0) is 38.0. The maximum atomic E-state index is 13.6. The van der Waals surface area contributed by atoms with Gasteiger partial charge in [0.2, 0.25) is 0 Å². The molecule has 1 aromatic heterocycles. The molecule has 9 unspecified atom stereocenters. The lowest BCUT2D eigenvalue weighted by Gasteiger charge is -2.36. The normalized spacial score (nSPS) is 31.3. The molecule has 10 atom stereocenters. The van der Waals surface area contributed by atoms with Crippen LogP contribution in [0.4, 0.5) is 4.79 Å². The largest absolute Gasteiger partial charge is 0.508 e. The number of hydrogen-bond donors (Lipinski definition) is 3. The Morgan fingerprint density at radius 1 is 1.12 bits per heavy atom. The van der Waals surface area contributed by atoms with Crippen LogP contribution in [0, 0.1) is 36.0 Å². The van der Waals surface area contributed by atoms with Gasteiger partial charge in [-0.05, 0) is 51.2 Å². The van der Waals surface area contributed by atoms with E-state index in [0.717, 1.165) is 29.1 Å². The number of hydrogen-bond acceptors (Lipinski definition) is 14. The first kappa shape index (κ1) is 43.2. The molecule has 0 aromatic carbocycles. The minimum Gasteiger partial charge on any atom is -0.481 e. The smallest absolute Gasteiger partial charge is 0.481 e. The van der Waals surface area contributed by atoms with Gasteiger partial charge in [0.1, 0.15) is 25.1 Å². The van der Waals surface area contributed by atoms with E-state index in [1.54, 1.807) is 34.6 Å². The van der Waals surface area contributed by atoms with Gasteiger partial charge in [0, 0.05) is 47.9 Å². The highest BCUT2D eigenvalue weighted by Gasteiger charge is 2.49. The Bertz CT molecular complexity index is 1370. The van der Waals surface area contributed by atoms with Crippen molar-refractivity contribution in [1.29, 1.82) is 0 Å². The fraction of sp³-hybridized carbons (Fsp3) is 0.750. The Balaban J connectivity index is 1.72. The van der Waals surface area contributed by atoms with E-state index in [0.29, 0.717) is 30.9 Å². The van der Waals surface area contributed by atoms with Crippen LogP contribution in [-0.4, -0.2) is 111 Å². The van der Waals surface area contributed by atoms with Gasteiger partial charge in [0.15, 0.2) is 0 Å². The molecule has 0 radical (unpaired) electrons. The van der Waals surface area contributed by atoms with Crippen LogP contribution in [0.1, 0.15) is 84.9 Å². The van der Waals surface area contributed by atoms with Gasteiger partial charge in [-0.25, -0.2) is 9.78 Å². The third-order valence-electron chi connectivity index (χ3n) is 10.1. The van der Waals surface area contributed by atoms with Gasteiger partial charge >= 0.3 is 18.1 Å². The lowest BCUT2D eigenvalue weighted by molar-refractivity contribution is -0.162. The molecule has 3 rings (SSSR count). The summed E-state index contributed by atoms with van der Waals surface area (Å²) in [4.78, 5) is 57.2. The maximum Gasteiger partial charge on any atom is 0.508 e. The third kappa shape index (κ3) is 12.4. The van der Waals surface area contributed by atoms with Crippen molar-refractivity contribution in [1.82, 2.24) is 9.88 Å². The zero-order valence-electron chi connectivity index (χ0n) is 31.0. The van der Waals surface area contributed by atoms with Gasteiger partial charge in [0.25, 0.3) is 0 Å². The van der Waals surface area contributed by atoms with Crippen molar-refractivity contribution in [2.24, 2.45) is 29.1 Å². The maximum absolute atomic E-state index is 13.6. The number of aliphatic hydroxyl groups excluding tert-OH is 2. The summed E-state index contributed by atoms with van der Waals surface area (Å²) >= 11 is 1.52. The van der Waals surface area contributed by atoms with Gasteiger partial charge in [-0.2, -0.15) is 0 Å². The second kappa shape index (κ2) is 19.8. The first-order valence-corrected chi connectivity index (χ1v) is 21.1. The Labute approximate surface area is 313 Å². The van der Waals surface area contributed by atoms with Crippen molar-refractivity contribution >= 4 is 62.9 Å². The van der Waals surface area contributed by atoms with Crippen molar-refractivity contribution < 1.29 is 48.7 Å². The van der Waals surface area contributed by atoms with Crippen molar-refractivity contribution in [3.05, 3.63) is 21.7 Å². The number of ketones is 1. The molecule has 0 amide bonds. The average Bonchev–Trinajstić information content (AvgIpc) is 3.55. The summed E-state index contributed by atoms with van der Waals surface area (Å²) < 4.78 is 16.7. The molecule has 2 aliphatic rings.